The molecule has 7 heteroatoms. The number of esters is 1. The van der Waals surface area contributed by atoms with Crippen LogP contribution in [0.25, 0.3) is 0 Å². The van der Waals surface area contributed by atoms with Crippen LogP contribution in [0.4, 0.5) is 0 Å². The summed E-state index contributed by atoms with van der Waals surface area (Å²) in [5.41, 5.74) is 3.57. The Hall–Kier alpha value is -1.51. The van der Waals surface area contributed by atoms with E-state index in [0.29, 0.717) is 47.3 Å². The van der Waals surface area contributed by atoms with Gasteiger partial charge in [0.1, 0.15) is 31.0 Å². The number of carbonyl (C=O) groups is 1. The summed E-state index contributed by atoms with van der Waals surface area (Å²) in [6.45, 7) is 18.3. The molecule has 14 unspecified atom stereocenters. The largest absolute Gasteiger partial charge is 0.463 e. The van der Waals surface area contributed by atoms with E-state index in [1.54, 1.807) is 5.57 Å². The highest BCUT2D eigenvalue weighted by Gasteiger charge is 2.58. The molecule has 1 saturated heterocycles. The number of unbranched alkanes of at least 4 members (excludes halogenated alkanes) is 12. The van der Waals surface area contributed by atoms with Gasteiger partial charge in [0.25, 0.3) is 0 Å². The molecule has 0 spiro atoms. The second-order valence-corrected chi connectivity index (χ2v) is 20.3. The first kappa shape index (κ1) is 47.5. The second kappa shape index (κ2) is 22.5. The lowest BCUT2D eigenvalue weighted by Gasteiger charge is -2.58. The Morgan fingerprint density at radius 1 is 0.845 bits per heavy atom. The minimum Gasteiger partial charge on any atom is -0.463 e. The maximum Gasteiger partial charge on any atom is 0.305 e. The standard InChI is InChI=1S/C51H86O7/c1-8-10-11-12-13-14-15-16-17-18-19-20-21-22-45(52)56-34-44-46(53)47(54)48(55)49(58-44)57-39-29-31-50(6)38(33-39)25-26-40-42-28-27-41(51(42,7)32-30-43(40)50)36(5)23-24-37(9-2)35(3)4/h23-24,26,36-39,41-44,46-49,53-55H,3,8-22,25,27-34H2,1-2,4-7H3. The average Bonchev–Trinajstić information content (AvgIpc) is 3.56. The molecule has 0 aromatic carbocycles. The Morgan fingerprint density at radius 3 is 2.10 bits per heavy atom. The topological polar surface area (TPSA) is 105 Å². The van der Waals surface area contributed by atoms with Crippen molar-refractivity contribution in [2.24, 2.45) is 46.3 Å². The minimum absolute atomic E-state index is 0.114. The molecule has 14 atom stereocenters. The Morgan fingerprint density at radius 2 is 1.47 bits per heavy atom. The highest BCUT2D eigenvalue weighted by atomic mass is 16.7. The molecule has 58 heavy (non-hydrogen) atoms. The molecule has 4 aliphatic carbocycles. The van der Waals surface area contributed by atoms with E-state index in [9.17, 15) is 20.1 Å². The summed E-state index contributed by atoms with van der Waals surface area (Å²) in [5.74, 6) is 3.18. The van der Waals surface area contributed by atoms with E-state index in [0.717, 1.165) is 51.4 Å². The van der Waals surface area contributed by atoms with E-state index in [2.05, 4.69) is 66.3 Å². The van der Waals surface area contributed by atoms with Crippen LogP contribution in [0.15, 0.2) is 36.0 Å². The van der Waals surface area contributed by atoms with E-state index < -0.39 is 30.7 Å². The van der Waals surface area contributed by atoms with Gasteiger partial charge in [-0.15, -0.1) is 0 Å². The first-order valence-corrected chi connectivity index (χ1v) is 24.4. The summed E-state index contributed by atoms with van der Waals surface area (Å²) in [6.07, 6.45) is 27.8. The summed E-state index contributed by atoms with van der Waals surface area (Å²) in [7, 11) is 0. The number of rotatable bonds is 23. The Labute approximate surface area is 354 Å². The number of hydrogen-bond acceptors (Lipinski definition) is 7. The fourth-order valence-corrected chi connectivity index (χ4v) is 12.5. The molecule has 0 aromatic rings. The average molecular weight is 811 g/mol. The van der Waals surface area contributed by atoms with Gasteiger partial charge in [0.05, 0.1) is 6.10 Å². The number of fused-ring (bicyclic) bond motifs is 5. The van der Waals surface area contributed by atoms with Crippen LogP contribution < -0.4 is 0 Å². The van der Waals surface area contributed by atoms with Crippen LogP contribution in [0.3, 0.4) is 0 Å². The molecule has 3 saturated carbocycles. The fourth-order valence-electron chi connectivity index (χ4n) is 12.5. The van der Waals surface area contributed by atoms with Crippen LogP contribution in [0, 0.1) is 46.3 Å². The third kappa shape index (κ3) is 11.7. The molecule has 3 N–H and O–H groups in total. The van der Waals surface area contributed by atoms with E-state index in [1.807, 2.05) is 0 Å². The van der Waals surface area contributed by atoms with Crippen LogP contribution in [-0.2, 0) is 19.0 Å². The highest BCUT2D eigenvalue weighted by Crippen LogP contribution is 2.67. The molecule has 0 aromatic heterocycles. The summed E-state index contributed by atoms with van der Waals surface area (Å²) in [4.78, 5) is 12.6. The van der Waals surface area contributed by atoms with Gasteiger partial charge in [0.15, 0.2) is 6.29 Å². The van der Waals surface area contributed by atoms with Crippen molar-refractivity contribution in [1.82, 2.24) is 0 Å². The molecular weight excluding hydrogens is 725 g/mol. The van der Waals surface area contributed by atoms with Gasteiger partial charge in [0.2, 0.25) is 0 Å². The van der Waals surface area contributed by atoms with Crippen LogP contribution in [0.5, 0.6) is 0 Å². The van der Waals surface area contributed by atoms with Gasteiger partial charge in [-0.25, -0.2) is 0 Å². The smallest absolute Gasteiger partial charge is 0.305 e. The predicted molar refractivity (Wildman–Crippen MR) is 235 cm³/mol. The van der Waals surface area contributed by atoms with E-state index in [1.165, 1.54) is 95.5 Å². The molecule has 5 aliphatic rings. The van der Waals surface area contributed by atoms with Crippen LogP contribution in [-0.4, -0.2) is 64.7 Å². The maximum atomic E-state index is 12.6. The third-order valence-corrected chi connectivity index (χ3v) is 16.3. The molecule has 7 nitrogen and oxygen atoms in total. The molecule has 0 radical (unpaired) electrons. The zero-order valence-electron chi connectivity index (χ0n) is 37.8. The summed E-state index contributed by atoms with van der Waals surface area (Å²) in [5, 5.41) is 32.5. The normalized spacial score (nSPS) is 37.1. The fraction of sp³-hybridized carbons (Fsp3) is 0.863. The monoisotopic (exact) mass is 811 g/mol. The van der Waals surface area contributed by atoms with E-state index >= 15 is 0 Å². The zero-order valence-corrected chi connectivity index (χ0v) is 37.8. The summed E-state index contributed by atoms with van der Waals surface area (Å²) in [6, 6.07) is 0. The van der Waals surface area contributed by atoms with Crippen LogP contribution in [0.1, 0.15) is 189 Å². The maximum absolute atomic E-state index is 12.6. The quantitative estimate of drug-likeness (QED) is 0.0536. The van der Waals surface area contributed by atoms with Crippen molar-refractivity contribution >= 4 is 5.97 Å². The molecule has 1 heterocycles. The molecule has 0 amide bonds. The van der Waals surface area contributed by atoms with Crippen molar-refractivity contribution in [3.05, 3.63) is 36.0 Å². The zero-order chi connectivity index (χ0) is 41.9. The van der Waals surface area contributed by atoms with Crippen molar-refractivity contribution in [2.75, 3.05) is 6.61 Å². The lowest BCUT2D eigenvalue weighted by atomic mass is 9.47. The second-order valence-electron chi connectivity index (χ2n) is 20.3. The molecule has 332 valence electrons. The number of aliphatic hydroxyl groups excluding tert-OH is 3. The highest BCUT2D eigenvalue weighted by molar-refractivity contribution is 5.69. The first-order chi connectivity index (χ1) is 27.8. The first-order valence-electron chi connectivity index (χ1n) is 24.4. The van der Waals surface area contributed by atoms with Crippen molar-refractivity contribution < 1.29 is 34.3 Å². The Kier molecular flexibility index (Phi) is 18.5. The number of ether oxygens (including phenoxy) is 3. The molecule has 1 aliphatic heterocycles. The van der Waals surface area contributed by atoms with Crippen molar-refractivity contribution in [1.29, 1.82) is 0 Å². The predicted octanol–water partition coefficient (Wildman–Crippen LogP) is 11.6. The molecule has 0 bridgehead atoms. The van der Waals surface area contributed by atoms with Crippen LogP contribution >= 0.6 is 0 Å². The summed E-state index contributed by atoms with van der Waals surface area (Å²) >= 11 is 0. The summed E-state index contributed by atoms with van der Waals surface area (Å²) < 4.78 is 18.0. The van der Waals surface area contributed by atoms with Crippen LogP contribution in [0.2, 0.25) is 0 Å². The van der Waals surface area contributed by atoms with Gasteiger partial charge in [-0.05, 0) is 117 Å². The van der Waals surface area contributed by atoms with E-state index in [-0.39, 0.29) is 24.1 Å². The van der Waals surface area contributed by atoms with Crippen molar-refractivity contribution in [2.45, 2.75) is 226 Å². The van der Waals surface area contributed by atoms with Crippen molar-refractivity contribution in [3.63, 3.8) is 0 Å². The van der Waals surface area contributed by atoms with Crippen molar-refractivity contribution in [3.8, 4) is 0 Å². The van der Waals surface area contributed by atoms with Gasteiger partial charge in [-0.2, -0.15) is 0 Å². The SMILES string of the molecule is C=C(C)C(C=CC(C)C1CCC2C3=CCC4CC(OC5OC(COC(=O)CCCCCCCCCCCCCCC)C(O)C(O)C5O)CCC4(C)C3CCC21C)CC. The minimum atomic E-state index is -1.44. The number of hydrogen-bond donors (Lipinski definition) is 3. The molecule has 5 rings (SSSR count). The van der Waals surface area contributed by atoms with Gasteiger partial charge in [-0.1, -0.05) is 148 Å². The third-order valence-electron chi connectivity index (χ3n) is 16.3. The van der Waals surface area contributed by atoms with E-state index in [4.69, 9.17) is 14.2 Å². The van der Waals surface area contributed by atoms with Gasteiger partial charge in [-0.3, -0.25) is 4.79 Å². The van der Waals surface area contributed by atoms with Gasteiger partial charge < -0.3 is 29.5 Å². The lowest BCUT2D eigenvalue weighted by Crippen LogP contribution is -2.60. The Bertz CT molecular complexity index is 1340. The molecular formula is C51H86O7. The van der Waals surface area contributed by atoms with Gasteiger partial charge in [0, 0.05) is 6.42 Å². The number of aliphatic hydroxyl groups is 3. The molecule has 4 fully saturated rings. The number of carbonyl (C=O) groups excluding carboxylic acids is 1. The number of allylic oxidation sites excluding steroid dienone is 5. The van der Waals surface area contributed by atoms with Gasteiger partial charge >= 0.3 is 5.97 Å². The Balaban J connectivity index is 1.05. The lowest BCUT2D eigenvalue weighted by molar-refractivity contribution is -0.316.